The van der Waals surface area contributed by atoms with E-state index in [-0.39, 0.29) is 214 Å². The molecular formula is Ca2La2S5. The third-order valence-electron chi connectivity index (χ3n) is 0. The minimum absolute atomic E-state index is 0. The maximum atomic E-state index is 0. The normalized spacial score (nSPS) is 0. The van der Waals surface area contributed by atoms with Crippen LogP contribution in [-0.4, -0.2) is 75.5 Å². The van der Waals surface area contributed by atoms with Crippen molar-refractivity contribution in [1.29, 1.82) is 0 Å². The van der Waals surface area contributed by atoms with E-state index in [0.29, 0.717) is 0 Å². The van der Waals surface area contributed by atoms with E-state index < -0.39 is 0 Å². The van der Waals surface area contributed by atoms with Crippen LogP contribution in [0.25, 0.3) is 0 Å². The summed E-state index contributed by atoms with van der Waals surface area (Å²) >= 11 is 0. The van der Waals surface area contributed by atoms with Crippen LogP contribution in [0.2, 0.25) is 0 Å². The van der Waals surface area contributed by atoms with Crippen molar-refractivity contribution in [3.63, 3.8) is 0 Å². The summed E-state index contributed by atoms with van der Waals surface area (Å²) in [4.78, 5) is 0. The van der Waals surface area contributed by atoms with E-state index in [1.165, 1.54) is 0 Å². The number of hydrogen-bond donors (Lipinski definition) is 0. The summed E-state index contributed by atoms with van der Waals surface area (Å²) in [6.45, 7) is 0. The van der Waals surface area contributed by atoms with Gasteiger partial charge in [-0.25, -0.2) is 0 Å². The average molecular weight is 518 g/mol. The summed E-state index contributed by atoms with van der Waals surface area (Å²) in [6.07, 6.45) is 0. The second kappa shape index (κ2) is 61.7. The molecule has 0 aromatic rings. The first-order valence-corrected chi connectivity index (χ1v) is 0. The van der Waals surface area contributed by atoms with Gasteiger partial charge in [-0.3, -0.25) is 0 Å². The Hall–Kier alpha value is 6.66. The van der Waals surface area contributed by atoms with E-state index in [4.69, 9.17) is 0 Å². The minimum atomic E-state index is 0. The van der Waals surface area contributed by atoms with E-state index in [9.17, 15) is 0 Å². The van der Waals surface area contributed by atoms with Crippen LogP contribution in [0.5, 0.6) is 0 Å². The van der Waals surface area contributed by atoms with Crippen LogP contribution in [0.3, 0.4) is 0 Å². The quantitative estimate of drug-likeness (QED) is 0.370. The molecule has 0 aromatic heterocycles. The summed E-state index contributed by atoms with van der Waals surface area (Å²) in [5, 5.41) is 0. The molecule has 40 valence electrons. The Morgan fingerprint density at radius 1 is 0.333 bits per heavy atom. The molecule has 0 amide bonds. The SMILES string of the molecule is [Ca+2].[Ca+2].[La+3].[La+3].[S-2].[S-2].[S-2].[S-2].[S-2]. The molecule has 0 atom stereocenters. The van der Waals surface area contributed by atoms with Gasteiger partial charge in [-0.05, 0) is 0 Å². The zero-order chi connectivity index (χ0) is 0. The van der Waals surface area contributed by atoms with Gasteiger partial charge in [-0.1, -0.05) is 0 Å². The fourth-order valence-corrected chi connectivity index (χ4v) is 0. The number of rotatable bonds is 0. The Bertz CT molecular complexity index is 12.9. The number of hydrogen-bond acceptors (Lipinski definition) is 0. The zero-order valence-electron chi connectivity index (χ0n) is 4.61. The molecule has 9 heteroatoms. The van der Waals surface area contributed by atoms with Crippen LogP contribution >= 0.6 is 0 Å². The van der Waals surface area contributed by atoms with Gasteiger partial charge in [0, 0.05) is 0 Å². The summed E-state index contributed by atoms with van der Waals surface area (Å²) in [5.41, 5.74) is 0. The van der Waals surface area contributed by atoms with E-state index in [1.807, 2.05) is 0 Å². The van der Waals surface area contributed by atoms with Crippen molar-refractivity contribution in [3.8, 4) is 0 Å². The van der Waals surface area contributed by atoms with Gasteiger partial charge in [0.05, 0.1) is 0 Å². The maximum absolute atomic E-state index is 0. The van der Waals surface area contributed by atoms with Gasteiger partial charge in [0.15, 0.2) is 0 Å². The predicted octanol–water partition coefficient (Wildman–Crippen LogP) is -0.774. The van der Waals surface area contributed by atoms with Crippen LogP contribution in [0.4, 0.5) is 0 Å². The van der Waals surface area contributed by atoms with E-state index in [1.54, 1.807) is 0 Å². The van der Waals surface area contributed by atoms with Crippen molar-refractivity contribution >= 4 is 143 Å². The molecule has 0 saturated carbocycles. The van der Waals surface area contributed by atoms with Gasteiger partial charge in [-0.15, -0.1) is 0 Å². The van der Waals surface area contributed by atoms with Gasteiger partial charge >= 0.3 is 147 Å². The summed E-state index contributed by atoms with van der Waals surface area (Å²) in [7, 11) is 0. The van der Waals surface area contributed by atoms with Crippen LogP contribution in [-0.2, 0) is 67.5 Å². The van der Waals surface area contributed by atoms with Crippen molar-refractivity contribution in [2.24, 2.45) is 0 Å². The molecular weight excluding hydrogens is 518 g/mol. The molecule has 0 radical (unpaired) electrons. The molecule has 0 bridgehead atoms. The zero-order valence-corrected chi connectivity index (χ0v) is 20.4. The van der Waals surface area contributed by atoms with Crippen LogP contribution in [0, 0.1) is 71.2 Å². The standard InChI is InChI=1S/2Ca.2La.5S/q2*+2;2*+3;5*-2. The summed E-state index contributed by atoms with van der Waals surface area (Å²) in [5.74, 6) is 0. The topological polar surface area (TPSA) is 0 Å². The maximum Gasteiger partial charge on any atom is 3.00 e. The van der Waals surface area contributed by atoms with Crippen molar-refractivity contribution in [1.82, 2.24) is 0 Å². The molecule has 0 N–H and O–H groups in total. The fraction of sp³-hybridized carbons (Fsp3) is 0. The van der Waals surface area contributed by atoms with Crippen molar-refractivity contribution in [2.45, 2.75) is 0 Å². The van der Waals surface area contributed by atoms with E-state index in [2.05, 4.69) is 0 Å². The largest absolute Gasteiger partial charge is 3.00 e. The Balaban J connectivity index is 0. The van der Waals surface area contributed by atoms with Crippen molar-refractivity contribution in [3.05, 3.63) is 0 Å². The third-order valence-corrected chi connectivity index (χ3v) is 0. The first kappa shape index (κ1) is 75.9. The summed E-state index contributed by atoms with van der Waals surface area (Å²) in [6, 6.07) is 0. The molecule has 9 heavy (non-hydrogen) atoms. The Labute approximate surface area is 208 Å². The van der Waals surface area contributed by atoms with Crippen molar-refractivity contribution < 1.29 is 71.2 Å². The second-order valence-corrected chi connectivity index (χ2v) is 0. The van der Waals surface area contributed by atoms with E-state index >= 15 is 0 Å². The molecule has 0 aliphatic heterocycles. The minimum Gasteiger partial charge on any atom is -2.00 e. The van der Waals surface area contributed by atoms with Gasteiger partial charge in [0.25, 0.3) is 0 Å². The molecule has 0 rings (SSSR count). The Morgan fingerprint density at radius 2 is 0.333 bits per heavy atom. The van der Waals surface area contributed by atoms with E-state index in [0.717, 1.165) is 0 Å². The molecule has 0 heterocycles. The molecule has 0 spiro atoms. The predicted molar refractivity (Wildman–Crippen MR) is 48.3 cm³/mol. The fourth-order valence-electron chi connectivity index (χ4n) is 0. The average Bonchev–Trinajstić information content (AvgIpc) is 0. The molecule has 0 aliphatic carbocycles. The van der Waals surface area contributed by atoms with Gasteiger partial charge < -0.3 is 67.5 Å². The molecule has 0 aliphatic rings. The van der Waals surface area contributed by atoms with Gasteiger partial charge in [0.1, 0.15) is 0 Å². The van der Waals surface area contributed by atoms with Crippen LogP contribution < -0.4 is 0 Å². The molecule has 0 aromatic carbocycles. The molecule has 0 nitrogen and oxygen atoms in total. The van der Waals surface area contributed by atoms with Crippen molar-refractivity contribution in [2.75, 3.05) is 0 Å². The smallest absolute Gasteiger partial charge is 2.00 e. The summed E-state index contributed by atoms with van der Waals surface area (Å²) < 4.78 is 0. The molecule has 0 unspecified atom stereocenters. The van der Waals surface area contributed by atoms with Crippen LogP contribution in [0.15, 0.2) is 0 Å². The van der Waals surface area contributed by atoms with Crippen LogP contribution in [0.1, 0.15) is 0 Å². The Morgan fingerprint density at radius 3 is 0.333 bits per heavy atom. The monoisotopic (exact) mass is 518 g/mol. The first-order valence-electron chi connectivity index (χ1n) is 0. The first-order chi connectivity index (χ1) is 0. The third kappa shape index (κ3) is 53.0. The Kier molecular flexibility index (Phi) is 520. The molecule has 0 fully saturated rings. The van der Waals surface area contributed by atoms with Gasteiger partial charge in [0.2, 0.25) is 0 Å². The second-order valence-electron chi connectivity index (χ2n) is 0. The van der Waals surface area contributed by atoms with Gasteiger partial charge in [-0.2, -0.15) is 0 Å². The molecule has 0 saturated heterocycles.